The number of ether oxygens (including phenoxy) is 1. The first-order chi connectivity index (χ1) is 12.5. The molecular weight excluding hydrogens is 336 g/mol. The minimum atomic E-state index is -1.04. The van der Waals surface area contributed by atoms with Crippen LogP contribution in [0.3, 0.4) is 0 Å². The molecule has 0 spiro atoms. The van der Waals surface area contributed by atoms with Gasteiger partial charge < -0.3 is 14.7 Å². The summed E-state index contributed by atoms with van der Waals surface area (Å²) in [5.74, 6) is -0.573. The highest BCUT2D eigenvalue weighted by molar-refractivity contribution is 5.88. The number of rotatable bonds is 5. The SMILES string of the molecule is COCC(=O)N1CCC[C@H]1c1nc(C)cc(-c2cncc(C(=O)O)c2)n1. The van der Waals surface area contributed by atoms with Crippen LogP contribution < -0.4 is 0 Å². The number of amides is 1. The summed E-state index contributed by atoms with van der Waals surface area (Å²) in [5, 5.41) is 9.16. The fourth-order valence-electron chi connectivity index (χ4n) is 3.13. The molecule has 1 atom stereocenters. The van der Waals surface area contributed by atoms with E-state index in [2.05, 4.69) is 15.0 Å². The Morgan fingerprint density at radius 2 is 2.12 bits per heavy atom. The van der Waals surface area contributed by atoms with Crippen LogP contribution in [-0.2, 0) is 9.53 Å². The summed E-state index contributed by atoms with van der Waals surface area (Å²) in [7, 11) is 1.49. The van der Waals surface area contributed by atoms with Crippen LogP contribution in [0.25, 0.3) is 11.3 Å². The van der Waals surface area contributed by atoms with Crippen molar-refractivity contribution in [3.63, 3.8) is 0 Å². The van der Waals surface area contributed by atoms with Crippen molar-refractivity contribution in [3.8, 4) is 11.3 Å². The quantitative estimate of drug-likeness (QED) is 0.871. The van der Waals surface area contributed by atoms with E-state index >= 15 is 0 Å². The molecule has 1 saturated heterocycles. The summed E-state index contributed by atoms with van der Waals surface area (Å²) in [6, 6.07) is 3.11. The second kappa shape index (κ2) is 7.57. The van der Waals surface area contributed by atoms with E-state index in [9.17, 15) is 9.59 Å². The average Bonchev–Trinajstić information content (AvgIpc) is 3.11. The Kier molecular flexibility index (Phi) is 5.22. The summed E-state index contributed by atoms with van der Waals surface area (Å²) in [6.07, 6.45) is 4.53. The molecule has 0 bridgehead atoms. The Balaban J connectivity index is 1.96. The van der Waals surface area contributed by atoms with E-state index in [1.54, 1.807) is 17.2 Å². The van der Waals surface area contributed by atoms with E-state index in [-0.39, 0.29) is 24.1 Å². The molecule has 1 amide bonds. The molecule has 26 heavy (non-hydrogen) atoms. The van der Waals surface area contributed by atoms with Crippen molar-refractivity contribution in [1.29, 1.82) is 0 Å². The third-order valence-corrected chi connectivity index (χ3v) is 4.29. The number of pyridine rings is 1. The molecule has 1 fully saturated rings. The van der Waals surface area contributed by atoms with Gasteiger partial charge in [0.05, 0.1) is 17.3 Å². The lowest BCUT2D eigenvalue weighted by Gasteiger charge is -2.24. The molecule has 3 rings (SSSR count). The normalized spacial score (nSPS) is 16.7. The molecule has 3 heterocycles. The molecule has 0 aromatic carbocycles. The van der Waals surface area contributed by atoms with Crippen LogP contribution in [0.15, 0.2) is 24.5 Å². The first-order valence-electron chi connectivity index (χ1n) is 8.32. The third kappa shape index (κ3) is 3.70. The summed E-state index contributed by atoms with van der Waals surface area (Å²) in [5.41, 5.74) is 2.04. The largest absolute Gasteiger partial charge is 0.478 e. The zero-order valence-corrected chi connectivity index (χ0v) is 14.7. The third-order valence-electron chi connectivity index (χ3n) is 4.29. The maximum Gasteiger partial charge on any atom is 0.337 e. The highest BCUT2D eigenvalue weighted by Crippen LogP contribution is 2.31. The van der Waals surface area contributed by atoms with Crippen molar-refractivity contribution in [3.05, 3.63) is 41.6 Å². The van der Waals surface area contributed by atoms with Crippen LogP contribution in [-0.4, -0.2) is 57.1 Å². The topological polar surface area (TPSA) is 106 Å². The van der Waals surface area contributed by atoms with Gasteiger partial charge in [-0.05, 0) is 31.9 Å². The highest BCUT2D eigenvalue weighted by Gasteiger charge is 2.32. The Labute approximate surface area is 150 Å². The first-order valence-corrected chi connectivity index (χ1v) is 8.32. The van der Waals surface area contributed by atoms with Gasteiger partial charge in [-0.1, -0.05) is 0 Å². The predicted octanol–water partition coefficient (Wildman–Crippen LogP) is 1.86. The number of nitrogens with zero attached hydrogens (tertiary/aromatic N) is 4. The van der Waals surface area contributed by atoms with Crippen LogP contribution in [0.2, 0.25) is 0 Å². The van der Waals surface area contributed by atoms with E-state index in [1.165, 1.54) is 19.4 Å². The number of likely N-dealkylation sites (tertiary alicyclic amines) is 1. The van der Waals surface area contributed by atoms with Crippen LogP contribution in [0.4, 0.5) is 0 Å². The van der Waals surface area contributed by atoms with Gasteiger partial charge in [-0.15, -0.1) is 0 Å². The van der Waals surface area contributed by atoms with Gasteiger partial charge in [-0.2, -0.15) is 0 Å². The maximum atomic E-state index is 12.3. The van der Waals surface area contributed by atoms with Crippen molar-refractivity contribution in [2.75, 3.05) is 20.3 Å². The molecule has 0 saturated carbocycles. The number of methoxy groups -OCH3 is 1. The highest BCUT2D eigenvalue weighted by atomic mass is 16.5. The van der Waals surface area contributed by atoms with Crippen molar-refractivity contribution < 1.29 is 19.4 Å². The van der Waals surface area contributed by atoms with Crippen molar-refractivity contribution in [2.24, 2.45) is 0 Å². The number of hydrogen-bond acceptors (Lipinski definition) is 6. The average molecular weight is 356 g/mol. The molecular formula is C18H20N4O4. The fraction of sp³-hybridized carbons (Fsp3) is 0.389. The summed E-state index contributed by atoms with van der Waals surface area (Å²) < 4.78 is 4.96. The van der Waals surface area contributed by atoms with E-state index in [0.717, 1.165) is 18.5 Å². The van der Waals surface area contributed by atoms with Crippen molar-refractivity contribution >= 4 is 11.9 Å². The molecule has 2 aromatic heterocycles. The lowest BCUT2D eigenvalue weighted by Crippen LogP contribution is -2.34. The van der Waals surface area contributed by atoms with Crippen LogP contribution in [0.1, 0.15) is 40.8 Å². The van der Waals surface area contributed by atoms with Gasteiger partial charge in [0.2, 0.25) is 5.91 Å². The number of hydrogen-bond donors (Lipinski definition) is 1. The zero-order valence-electron chi connectivity index (χ0n) is 14.7. The molecule has 1 aliphatic heterocycles. The molecule has 8 heteroatoms. The summed E-state index contributed by atoms with van der Waals surface area (Å²) >= 11 is 0. The van der Waals surface area contributed by atoms with Gasteiger partial charge in [0.25, 0.3) is 0 Å². The Morgan fingerprint density at radius 3 is 2.85 bits per heavy atom. The number of aromatic carboxylic acids is 1. The number of carboxylic acids is 1. The molecule has 1 N–H and O–H groups in total. The number of carbonyl (C=O) groups is 2. The fourth-order valence-corrected chi connectivity index (χ4v) is 3.13. The van der Waals surface area contributed by atoms with E-state index in [0.29, 0.717) is 23.6 Å². The maximum absolute atomic E-state index is 12.3. The second-order valence-electron chi connectivity index (χ2n) is 6.20. The van der Waals surface area contributed by atoms with Crippen LogP contribution >= 0.6 is 0 Å². The van der Waals surface area contributed by atoms with Gasteiger partial charge >= 0.3 is 5.97 Å². The molecule has 1 aliphatic rings. The van der Waals surface area contributed by atoms with Gasteiger partial charge in [-0.25, -0.2) is 14.8 Å². The minimum Gasteiger partial charge on any atom is -0.478 e. The van der Waals surface area contributed by atoms with Gasteiger partial charge in [0.15, 0.2) is 5.82 Å². The van der Waals surface area contributed by atoms with Crippen LogP contribution in [0, 0.1) is 6.92 Å². The van der Waals surface area contributed by atoms with E-state index in [4.69, 9.17) is 9.84 Å². The summed E-state index contributed by atoms with van der Waals surface area (Å²) in [4.78, 5) is 38.3. The van der Waals surface area contributed by atoms with Gasteiger partial charge in [0.1, 0.15) is 6.61 Å². The molecule has 136 valence electrons. The Bertz CT molecular complexity index is 840. The smallest absolute Gasteiger partial charge is 0.337 e. The molecule has 0 aliphatic carbocycles. The molecule has 0 radical (unpaired) electrons. The van der Waals surface area contributed by atoms with Gasteiger partial charge in [0, 0.05) is 37.3 Å². The molecule has 8 nitrogen and oxygen atoms in total. The van der Waals surface area contributed by atoms with E-state index < -0.39 is 5.97 Å². The van der Waals surface area contributed by atoms with Crippen LogP contribution in [0.5, 0.6) is 0 Å². The lowest BCUT2D eigenvalue weighted by molar-refractivity contribution is -0.136. The van der Waals surface area contributed by atoms with Crippen molar-refractivity contribution in [1.82, 2.24) is 19.9 Å². The van der Waals surface area contributed by atoms with Crippen molar-refractivity contribution in [2.45, 2.75) is 25.8 Å². The Hall–Kier alpha value is -2.87. The molecule has 2 aromatic rings. The predicted molar refractivity (Wildman–Crippen MR) is 92.5 cm³/mol. The minimum absolute atomic E-state index is 0.0275. The number of aromatic nitrogens is 3. The number of carboxylic acid groups (broad SMARTS) is 1. The van der Waals surface area contributed by atoms with E-state index in [1.807, 2.05) is 6.92 Å². The Morgan fingerprint density at radius 1 is 1.31 bits per heavy atom. The zero-order chi connectivity index (χ0) is 18.7. The monoisotopic (exact) mass is 356 g/mol. The standard InChI is InChI=1S/C18H20N4O4/c1-11-6-14(12-7-13(18(24)25)9-19-8-12)21-17(20-11)15-4-3-5-22(15)16(23)10-26-2/h6-9,15H,3-5,10H2,1-2H3,(H,24,25)/t15-/m0/s1. The number of carbonyl (C=O) groups excluding carboxylic acids is 1. The second-order valence-corrected chi connectivity index (χ2v) is 6.20. The lowest BCUT2D eigenvalue weighted by atomic mass is 10.1. The van der Waals surface area contributed by atoms with Gasteiger partial charge in [-0.3, -0.25) is 9.78 Å². The summed E-state index contributed by atoms with van der Waals surface area (Å²) in [6.45, 7) is 2.52. The number of aryl methyl sites for hydroxylation is 1. The molecule has 0 unspecified atom stereocenters. The first kappa shape index (κ1) is 17.9.